The second-order valence-corrected chi connectivity index (χ2v) is 9.10. The smallest absolute Gasteiger partial charge is 0.416 e. The molecule has 0 aliphatic carbocycles. The largest absolute Gasteiger partial charge is 0.478 e. The summed E-state index contributed by atoms with van der Waals surface area (Å²) in [7, 11) is 0. The molecule has 0 bridgehead atoms. The zero-order chi connectivity index (χ0) is 26.5. The van der Waals surface area contributed by atoms with Crippen LogP contribution >= 0.6 is 0 Å². The number of unbranched alkanes of at least 4 members (excludes halogenated alkanes) is 2. The number of alkyl halides is 6. The van der Waals surface area contributed by atoms with E-state index < -0.39 is 35.5 Å². The van der Waals surface area contributed by atoms with Crippen LogP contribution in [-0.4, -0.2) is 22.5 Å². The average Bonchev–Trinajstić information content (AvgIpc) is 2.81. The maximum atomic E-state index is 13.1. The molecule has 1 heterocycles. The normalized spacial score (nSPS) is 19.4. The fourth-order valence-electron chi connectivity index (χ4n) is 4.78. The number of carboxylic acids is 1. The Kier molecular flexibility index (Phi) is 8.87. The van der Waals surface area contributed by atoms with Crippen LogP contribution < -0.4 is 0 Å². The first-order valence-corrected chi connectivity index (χ1v) is 11.9. The topological polar surface area (TPSA) is 40.5 Å². The minimum atomic E-state index is -4.48. The zero-order valence-corrected chi connectivity index (χ0v) is 19.9. The average molecular weight is 514 g/mol. The molecule has 3 rings (SSSR count). The molecule has 36 heavy (non-hydrogen) atoms. The zero-order valence-electron chi connectivity index (χ0n) is 19.9. The van der Waals surface area contributed by atoms with Gasteiger partial charge in [-0.3, -0.25) is 4.90 Å². The molecule has 9 heteroatoms. The Hall–Kier alpha value is -2.81. The van der Waals surface area contributed by atoms with Gasteiger partial charge in [-0.25, -0.2) is 4.79 Å². The Bertz CT molecular complexity index is 1040. The number of halogens is 6. The summed E-state index contributed by atoms with van der Waals surface area (Å²) in [4.78, 5) is 13.4. The number of likely N-dealkylation sites (tertiary alicyclic amines) is 1. The monoisotopic (exact) mass is 513 g/mol. The Labute approximate surface area is 206 Å². The Balaban J connectivity index is 2.00. The van der Waals surface area contributed by atoms with Crippen LogP contribution in [0.1, 0.15) is 79.8 Å². The van der Waals surface area contributed by atoms with Crippen LogP contribution in [0.2, 0.25) is 0 Å². The van der Waals surface area contributed by atoms with Crippen LogP contribution in [0.15, 0.2) is 60.2 Å². The van der Waals surface area contributed by atoms with Crippen molar-refractivity contribution < 1.29 is 36.2 Å². The van der Waals surface area contributed by atoms with Gasteiger partial charge in [0.15, 0.2) is 0 Å². The van der Waals surface area contributed by atoms with Crippen LogP contribution in [0.3, 0.4) is 0 Å². The number of benzene rings is 2. The summed E-state index contributed by atoms with van der Waals surface area (Å²) in [6, 6.07) is 9.17. The molecular formula is C27H29F6NO2. The number of hydrogen-bond acceptors (Lipinski definition) is 2. The molecule has 196 valence electrons. The first-order chi connectivity index (χ1) is 16.9. The van der Waals surface area contributed by atoms with Crippen LogP contribution in [-0.2, 0) is 17.1 Å². The SMILES string of the molecule is CCCCC[C@H](c1ccc(C(F)(F)F)cc1)N1CC/C(=C/C(=O)O)C[C@H]1c1ccc(C(F)(F)F)cc1. The molecule has 3 nitrogen and oxygen atoms in total. The Morgan fingerprint density at radius 2 is 1.53 bits per heavy atom. The number of carboxylic acid groups (broad SMARTS) is 1. The van der Waals surface area contributed by atoms with Gasteiger partial charge < -0.3 is 5.11 Å². The number of hydrogen-bond donors (Lipinski definition) is 1. The van der Waals surface area contributed by atoms with E-state index in [0.29, 0.717) is 42.5 Å². The standard InChI is InChI=1S/C27H29F6NO2/c1-2-3-4-5-23(19-6-10-21(11-7-19)26(28,29)30)34-15-14-18(17-25(35)36)16-24(34)20-8-12-22(13-9-20)27(31,32)33/h6-13,17,23-24H,2-5,14-16H2,1H3,(H,35,36)/b18-17-/t23-,24+/m1/s1. The molecule has 2 atom stereocenters. The van der Waals surface area contributed by atoms with E-state index in [0.717, 1.165) is 49.6 Å². The molecule has 1 aliphatic heterocycles. The van der Waals surface area contributed by atoms with Crippen molar-refractivity contribution in [1.82, 2.24) is 4.90 Å². The predicted molar refractivity (Wildman–Crippen MR) is 124 cm³/mol. The molecule has 0 saturated carbocycles. The van der Waals surface area contributed by atoms with Crippen molar-refractivity contribution in [3.05, 3.63) is 82.4 Å². The minimum Gasteiger partial charge on any atom is -0.478 e. The van der Waals surface area contributed by atoms with Crippen molar-refractivity contribution in [3.8, 4) is 0 Å². The fourth-order valence-corrected chi connectivity index (χ4v) is 4.78. The molecule has 1 fully saturated rings. The lowest BCUT2D eigenvalue weighted by Crippen LogP contribution is -2.37. The van der Waals surface area contributed by atoms with Gasteiger partial charge in [0.2, 0.25) is 0 Å². The maximum Gasteiger partial charge on any atom is 0.416 e. The summed E-state index contributed by atoms with van der Waals surface area (Å²) in [5.74, 6) is -1.09. The summed E-state index contributed by atoms with van der Waals surface area (Å²) < 4.78 is 78.7. The number of carbonyl (C=O) groups is 1. The Morgan fingerprint density at radius 1 is 0.972 bits per heavy atom. The number of piperidine rings is 1. The van der Waals surface area contributed by atoms with Crippen molar-refractivity contribution in [2.45, 2.75) is 69.9 Å². The van der Waals surface area contributed by atoms with Crippen molar-refractivity contribution in [3.63, 3.8) is 0 Å². The van der Waals surface area contributed by atoms with Gasteiger partial charge in [0.25, 0.3) is 0 Å². The van der Waals surface area contributed by atoms with Crippen molar-refractivity contribution in [2.24, 2.45) is 0 Å². The van der Waals surface area contributed by atoms with Crippen LogP contribution in [0.4, 0.5) is 26.3 Å². The number of aliphatic carboxylic acids is 1. The minimum absolute atomic E-state index is 0.266. The van der Waals surface area contributed by atoms with Gasteiger partial charge in [0.1, 0.15) is 0 Å². The first-order valence-electron chi connectivity index (χ1n) is 11.9. The lowest BCUT2D eigenvalue weighted by Gasteiger charge is -2.43. The molecule has 0 unspecified atom stereocenters. The summed E-state index contributed by atoms with van der Waals surface area (Å²) >= 11 is 0. The first kappa shape index (κ1) is 27.8. The highest BCUT2D eigenvalue weighted by atomic mass is 19.4. The lowest BCUT2D eigenvalue weighted by molar-refractivity contribution is -0.138. The summed E-state index contributed by atoms with van der Waals surface area (Å²) in [5, 5.41) is 9.23. The van der Waals surface area contributed by atoms with E-state index in [2.05, 4.69) is 4.90 Å². The number of nitrogens with zero attached hydrogens (tertiary/aromatic N) is 1. The predicted octanol–water partition coefficient (Wildman–Crippen LogP) is 8.19. The van der Waals surface area contributed by atoms with E-state index in [1.807, 2.05) is 6.92 Å². The molecule has 0 aromatic heterocycles. The van der Waals surface area contributed by atoms with Crippen molar-refractivity contribution in [1.29, 1.82) is 0 Å². The molecule has 0 amide bonds. The van der Waals surface area contributed by atoms with E-state index in [1.54, 1.807) is 0 Å². The molecule has 2 aromatic rings. The van der Waals surface area contributed by atoms with Gasteiger partial charge >= 0.3 is 18.3 Å². The molecule has 2 aromatic carbocycles. The second-order valence-electron chi connectivity index (χ2n) is 9.10. The van der Waals surface area contributed by atoms with E-state index in [1.165, 1.54) is 24.3 Å². The summed E-state index contributed by atoms with van der Waals surface area (Å²) in [6.07, 6.45) is -3.67. The third-order valence-corrected chi connectivity index (χ3v) is 6.60. The van der Waals surface area contributed by atoms with Crippen molar-refractivity contribution >= 4 is 5.97 Å². The van der Waals surface area contributed by atoms with E-state index in [9.17, 15) is 36.2 Å². The third kappa shape index (κ3) is 7.12. The van der Waals surface area contributed by atoms with Gasteiger partial charge in [-0.05, 0) is 54.7 Å². The molecule has 1 saturated heterocycles. The summed E-state index contributed by atoms with van der Waals surface area (Å²) in [6.45, 7) is 2.48. The van der Waals surface area contributed by atoms with Crippen LogP contribution in [0.25, 0.3) is 0 Å². The van der Waals surface area contributed by atoms with Crippen molar-refractivity contribution in [2.75, 3.05) is 6.54 Å². The number of rotatable bonds is 8. The van der Waals surface area contributed by atoms with Gasteiger partial charge in [0, 0.05) is 24.7 Å². The van der Waals surface area contributed by atoms with Crippen LogP contribution in [0, 0.1) is 0 Å². The second kappa shape index (κ2) is 11.5. The van der Waals surface area contributed by atoms with Crippen LogP contribution in [0.5, 0.6) is 0 Å². The molecule has 0 spiro atoms. The fraction of sp³-hybridized carbons (Fsp3) is 0.444. The lowest BCUT2D eigenvalue weighted by atomic mass is 9.86. The van der Waals surface area contributed by atoms with Gasteiger partial charge in [0.05, 0.1) is 11.1 Å². The highest BCUT2D eigenvalue weighted by molar-refractivity contribution is 5.80. The molecular weight excluding hydrogens is 484 g/mol. The molecule has 0 radical (unpaired) electrons. The quantitative estimate of drug-likeness (QED) is 0.220. The van der Waals surface area contributed by atoms with Gasteiger partial charge in [-0.15, -0.1) is 0 Å². The Morgan fingerprint density at radius 3 is 2.03 bits per heavy atom. The van der Waals surface area contributed by atoms with Gasteiger partial charge in [-0.2, -0.15) is 26.3 Å². The molecule has 1 aliphatic rings. The molecule has 1 N–H and O–H groups in total. The van der Waals surface area contributed by atoms with E-state index >= 15 is 0 Å². The van der Waals surface area contributed by atoms with E-state index in [4.69, 9.17) is 0 Å². The highest BCUT2D eigenvalue weighted by Gasteiger charge is 2.35. The maximum absolute atomic E-state index is 13.1. The third-order valence-electron chi connectivity index (χ3n) is 6.60. The van der Waals surface area contributed by atoms with E-state index in [-0.39, 0.29) is 6.04 Å². The van der Waals surface area contributed by atoms with Gasteiger partial charge in [-0.1, -0.05) is 56.0 Å². The highest BCUT2D eigenvalue weighted by Crippen LogP contribution is 2.43. The summed E-state index contributed by atoms with van der Waals surface area (Å²) in [5.41, 5.74) is 0.441.